The third-order valence-corrected chi connectivity index (χ3v) is 3.41. The summed E-state index contributed by atoms with van der Waals surface area (Å²) in [7, 11) is 1.59. The van der Waals surface area contributed by atoms with Crippen molar-refractivity contribution in [2.24, 2.45) is 0 Å². The van der Waals surface area contributed by atoms with Crippen LogP contribution in [0.4, 0.5) is 0 Å². The number of halogens is 1. The minimum atomic E-state index is -0.812. The molecule has 0 saturated heterocycles. The number of aliphatic carboxylic acids is 1. The van der Waals surface area contributed by atoms with Gasteiger partial charge in [0, 0.05) is 23.2 Å². The molecule has 1 aliphatic carbocycles. The summed E-state index contributed by atoms with van der Waals surface area (Å²) in [5.41, 5.74) is 0.856. The molecule has 98 valence electrons. The van der Waals surface area contributed by atoms with Crippen LogP contribution in [0, 0.1) is 0 Å². The third-order valence-electron chi connectivity index (χ3n) is 3.06. The second kappa shape index (κ2) is 5.59. The predicted octanol–water partition coefficient (Wildman–Crippen LogP) is 2.40. The van der Waals surface area contributed by atoms with Crippen molar-refractivity contribution in [1.82, 2.24) is 4.90 Å². The zero-order valence-corrected chi connectivity index (χ0v) is 11.0. The number of nitrogens with zero attached hydrogens (tertiary/aromatic N) is 1. The van der Waals surface area contributed by atoms with Crippen LogP contribution in [0.1, 0.15) is 18.4 Å². The molecule has 0 aliphatic heterocycles. The number of rotatable bonds is 6. The van der Waals surface area contributed by atoms with E-state index in [1.54, 1.807) is 13.2 Å². The number of ether oxygens (including phenoxy) is 1. The van der Waals surface area contributed by atoms with E-state index in [0.29, 0.717) is 23.4 Å². The molecule has 0 radical (unpaired) electrons. The van der Waals surface area contributed by atoms with E-state index in [1.165, 1.54) is 0 Å². The van der Waals surface area contributed by atoms with Gasteiger partial charge >= 0.3 is 5.97 Å². The summed E-state index contributed by atoms with van der Waals surface area (Å²) in [6.07, 6.45) is 2.11. The number of carbonyl (C=O) groups is 1. The average Bonchev–Trinajstić information content (AvgIpc) is 3.14. The molecule has 18 heavy (non-hydrogen) atoms. The topological polar surface area (TPSA) is 49.8 Å². The van der Waals surface area contributed by atoms with Crippen LogP contribution < -0.4 is 4.74 Å². The highest BCUT2D eigenvalue weighted by molar-refractivity contribution is 6.31. The molecule has 0 bridgehead atoms. The molecule has 4 nitrogen and oxygen atoms in total. The van der Waals surface area contributed by atoms with Crippen LogP contribution in [0.5, 0.6) is 5.75 Å². The first-order chi connectivity index (χ1) is 8.61. The summed E-state index contributed by atoms with van der Waals surface area (Å²) in [6, 6.07) is 5.82. The van der Waals surface area contributed by atoms with Crippen LogP contribution in [0.15, 0.2) is 18.2 Å². The van der Waals surface area contributed by atoms with Gasteiger partial charge in [-0.1, -0.05) is 17.7 Å². The van der Waals surface area contributed by atoms with Gasteiger partial charge in [-0.05, 0) is 25.0 Å². The van der Waals surface area contributed by atoms with E-state index in [4.69, 9.17) is 21.4 Å². The molecule has 0 atom stereocenters. The lowest BCUT2D eigenvalue weighted by molar-refractivity contribution is -0.138. The van der Waals surface area contributed by atoms with Gasteiger partial charge in [-0.2, -0.15) is 0 Å². The fourth-order valence-corrected chi connectivity index (χ4v) is 2.24. The van der Waals surface area contributed by atoms with Gasteiger partial charge < -0.3 is 9.84 Å². The highest BCUT2D eigenvalue weighted by Crippen LogP contribution is 2.32. The van der Waals surface area contributed by atoms with Crippen molar-refractivity contribution in [1.29, 1.82) is 0 Å². The Labute approximate surface area is 111 Å². The van der Waals surface area contributed by atoms with E-state index in [1.807, 2.05) is 17.0 Å². The first kappa shape index (κ1) is 13.2. The van der Waals surface area contributed by atoms with Gasteiger partial charge in [0.2, 0.25) is 0 Å². The van der Waals surface area contributed by atoms with E-state index >= 15 is 0 Å². The highest BCUT2D eigenvalue weighted by atomic mass is 35.5. The normalized spacial score (nSPS) is 14.8. The third kappa shape index (κ3) is 3.15. The molecule has 0 unspecified atom stereocenters. The predicted molar refractivity (Wildman–Crippen MR) is 69.1 cm³/mol. The number of carboxylic acids is 1. The summed E-state index contributed by atoms with van der Waals surface area (Å²) in [5.74, 6) is -0.105. The molecule has 0 amide bonds. The number of hydrogen-bond donors (Lipinski definition) is 1. The van der Waals surface area contributed by atoms with Gasteiger partial charge in [0.25, 0.3) is 0 Å². The molecule has 0 spiro atoms. The van der Waals surface area contributed by atoms with Crippen molar-refractivity contribution >= 4 is 17.6 Å². The molecule has 5 heteroatoms. The van der Waals surface area contributed by atoms with E-state index in [9.17, 15) is 4.79 Å². The largest absolute Gasteiger partial charge is 0.496 e. The van der Waals surface area contributed by atoms with Gasteiger partial charge in [-0.15, -0.1) is 0 Å². The smallest absolute Gasteiger partial charge is 0.317 e. The fourth-order valence-electron chi connectivity index (χ4n) is 2.01. The maximum absolute atomic E-state index is 10.9. The SMILES string of the molecule is COc1cccc(Cl)c1CN(CC(=O)O)C1CC1. The van der Waals surface area contributed by atoms with E-state index in [0.717, 1.165) is 18.4 Å². The van der Waals surface area contributed by atoms with Crippen molar-refractivity contribution in [2.75, 3.05) is 13.7 Å². The number of carboxylic acid groups (broad SMARTS) is 1. The van der Waals surface area contributed by atoms with Gasteiger partial charge in [0.05, 0.1) is 13.7 Å². The van der Waals surface area contributed by atoms with Crippen LogP contribution in [0.3, 0.4) is 0 Å². The Morgan fingerprint density at radius 3 is 2.83 bits per heavy atom. The maximum Gasteiger partial charge on any atom is 0.317 e. The van der Waals surface area contributed by atoms with Crippen LogP contribution in [0.25, 0.3) is 0 Å². The first-order valence-corrected chi connectivity index (χ1v) is 6.27. The van der Waals surface area contributed by atoms with Crippen molar-refractivity contribution in [3.63, 3.8) is 0 Å². The standard InChI is InChI=1S/C13H16ClNO3/c1-18-12-4-2-3-11(14)10(12)7-15(8-13(16)17)9-5-6-9/h2-4,9H,5-8H2,1H3,(H,16,17). The molecule has 1 aliphatic rings. The van der Waals surface area contributed by atoms with E-state index in [2.05, 4.69) is 0 Å². The van der Waals surface area contributed by atoms with Gasteiger partial charge in [0.15, 0.2) is 0 Å². The summed E-state index contributed by atoms with van der Waals surface area (Å²) < 4.78 is 5.27. The Balaban J connectivity index is 2.17. The lowest BCUT2D eigenvalue weighted by Gasteiger charge is -2.21. The second-order valence-electron chi connectivity index (χ2n) is 4.45. The Bertz CT molecular complexity index is 446. The maximum atomic E-state index is 10.9. The molecular weight excluding hydrogens is 254 g/mol. The summed E-state index contributed by atoms with van der Waals surface area (Å²) in [6.45, 7) is 0.554. The van der Waals surface area contributed by atoms with Gasteiger partial charge in [-0.25, -0.2) is 0 Å². The van der Waals surface area contributed by atoms with Crippen molar-refractivity contribution in [3.8, 4) is 5.75 Å². The Morgan fingerprint density at radius 1 is 1.56 bits per heavy atom. The van der Waals surface area contributed by atoms with Gasteiger partial charge in [-0.3, -0.25) is 9.69 Å². The van der Waals surface area contributed by atoms with Crippen LogP contribution in [0.2, 0.25) is 5.02 Å². The number of benzene rings is 1. The average molecular weight is 270 g/mol. The Hall–Kier alpha value is -1.26. The Kier molecular flexibility index (Phi) is 4.09. The molecule has 1 aromatic rings. The quantitative estimate of drug-likeness (QED) is 0.862. The zero-order chi connectivity index (χ0) is 13.1. The number of hydrogen-bond acceptors (Lipinski definition) is 3. The molecule has 0 heterocycles. The summed E-state index contributed by atoms with van der Waals surface area (Å²) in [5, 5.41) is 9.54. The van der Waals surface area contributed by atoms with Crippen LogP contribution in [-0.2, 0) is 11.3 Å². The summed E-state index contributed by atoms with van der Waals surface area (Å²) >= 11 is 6.16. The first-order valence-electron chi connectivity index (χ1n) is 5.89. The van der Waals surface area contributed by atoms with Crippen LogP contribution >= 0.6 is 11.6 Å². The summed E-state index contributed by atoms with van der Waals surface area (Å²) in [4.78, 5) is 12.8. The lowest BCUT2D eigenvalue weighted by atomic mass is 10.2. The van der Waals surface area contributed by atoms with Crippen molar-refractivity contribution < 1.29 is 14.6 Å². The highest BCUT2D eigenvalue weighted by Gasteiger charge is 2.31. The van der Waals surface area contributed by atoms with E-state index in [-0.39, 0.29) is 6.54 Å². The molecule has 1 aromatic carbocycles. The zero-order valence-electron chi connectivity index (χ0n) is 10.2. The van der Waals surface area contributed by atoms with Gasteiger partial charge in [0.1, 0.15) is 5.75 Å². The minimum absolute atomic E-state index is 0.0407. The molecule has 2 rings (SSSR count). The lowest BCUT2D eigenvalue weighted by Crippen LogP contribution is -2.31. The minimum Gasteiger partial charge on any atom is -0.496 e. The van der Waals surface area contributed by atoms with E-state index < -0.39 is 5.97 Å². The second-order valence-corrected chi connectivity index (χ2v) is 4.86. The van der Waals surface area contributed by atoms with Crippen molar-refractivity contribution in [2.45, 2.75) is 25.4 Å². The molecule has 1 fully saturated rings. The molecule has 1 N–H and O–H groups in total. The molecule has 0 aromatic heterocycles. The Morgan fingerprint density at radius 2 is 2.28 bits per heavy atom. The molecule has 1 saturated carbocycles. The number of methoxy groups -OCH3 is 1. The molecular formula is C13H16ClNO3. The van der Waals surface area contributed by atoms with Crippen molar-refractivity contribution in [3.05, 3.63) is 28.8 Å². The van der Waals surface area contributed by atoms with Crippen LogP contribution in [-0.4, -0.2) is 35.7 Å². The monoisotopic (exact) mass is 269 g/mol. The fraction of sp³-hybridized carbons (Fsp3) is 0.462.